The Bertz CT molecular complexity index is 675. The summed E-state index contributed by atoms with van der Waals surface area (Å²) < 4.78 is 24.4. The monoisotopic (exact) mass is 294 g/mol. The van der Waals surface area contributed by atoms with Crippen molar-refractivity contribution >= 4 is 9.84 Å². The van der Waals surface area contributed by atoms with E-state index in [9.17, 15) is 13.5 Å². The third-order valence-corrected chi connectivity index (χ3v) is 4.29. The van der Waals surface area contributed by atoms with Crippen molar-refractivity contribution in [1.29, 1.82) is 0 Å². The Balaban J connectivity index is 2.00. The summed E-state index contributed by atoms with van der Waals surface area (Å²) in [6, 6.07) is 6.37. The van der Waals surface area contributed by atoms with E-state index in [0.29, 0.717) is 6.42 Å². The predicted octanol–water partition coefficient (Wildman–Crippen LogP) is 1.49. The summed E-state index contributed by atoms with van der Waals surface area (Å²) >= 11 is 0. The van der Waals surface area contributed by atoms with Gasteiger partial charge in [-0.25, -0.2) is 8.42 Å². The molecule has 0 fully saturated rings. The Kier molecular flexibility index (Phi) is 4.25. The fourth-order valence-corrected chi connectivity index (χ4v) is 2.64. The van der Waals surface area contributed by atoms with Gasteiger partial charge in [0.1, 0.15) is 0 Å². The van der Waals surface area contributed by atoms with Crippen LogP contribution in [0.25, 0.3) is 0 Å². The summed E-state index contributed by atoms with van der Waals surface area (Å²) in [5.74, 6) is 0. The Morgan fingerprint density at radius 2 is 1.95 bits per heavy atom. The highest BCUT2D eigenvalue weighted by atomic mass is 32.2. The molecular formula is C14H18N2O3S. The lowest BCUT2D eigenvalue weighted by atomic mass is 10.0. The minimum atomic E-state index is -3.19. The summed E-state index contributed by atoms with van der Waals surface area (Å²) in [5, 5.41) is 14.2. The van der Waals surface area contributed by atoms with Crippen LogP contribution in [-0.2, 0) is 23.3 Å². The Labute approximate surface area is 118 Å². The molecule has 0 amide bonds. The van der Waals surface area contributed by atoms with E-state index in [1.54, 1.807) is 23.0 Å². The normalized spacial score (nSPS) is 13.3. The minimum Gasteiger partial charge on any atom is -0.388 e. The summed E-state index contributed by atoms with van der Waals surface area (Å²) in [5.41, 5.74) is 1.79. The van der Waals surface area contributed by atoms with Crippen LogP contribution in [0.2, 0.25) is 0 Å². The molecule has 1 atom stereocenters. The third kappa shape index (κ3) is 3.68. The first kappa shape index (κ1) is 14.7. The highest BCUT2D eigenvalue weighted by molar-refractivity contribution is 7.90. The summed E-state index contributed by atoms with van der Waals surface area (Å²) in [4.78, 5) is 0.265. The van der Waals surface area contributed by atoms with Crippen LogP contribution < -0.4 is 0 Å². The van der Waals surface area contributed by atoms with E-state index in [1.165, 1.54) is 18.4 Å². The molecule has 0 saturated heterocycles. The molecule has 0 aliphatic rings. The van der Waals surface area contributed by atoms with Gasteiger partial charge in [-0.1, -0.05) is 12.1 Å². The van der Waals surface area contributed by atoms with Crippen molar-refractivity contribution in [3.8, 4) is 0 Å². The molecule has 108 valence electrons. The van der Waals surface area contributed by atoms with Crippen molar-refractivity contribution in [1.82, 2.24) is 9.78 Å². The molecule has 0 saturated carbocycles. The topological polar surface area (TPSA) is 72.2 Å². The van der Waals surface area contributed by atoms with E-state index < -0.39 is 15.9 Å². The van der Waals surface area contributed by atoms with Gasteiger partial charge in [-0.05, 0) is 36.1 Å². The van der Waals surface area contributed by atoms with Crippen molar-refractivity contribution in [2.24, 2.45) is 7.05 Å². The van der Waals surface area contributed by atoms with Crippen LogP contribution in [0.15, 0.2) is 41.6 Å². The van der Waals surface area contributed by atoms with Gasteiger partial charge < -0.3 is 5.11 Å². The van der Waals surface area contributed by atoms with E-state index in [1.807, 2.05) is 13.2 Å². The molecule has 1 heterocycles. The molecular weight excluding hydrogens is 276 g/mol. The third-order valence-electron chi connectivity index (χ3n) is 3.16. The molecule has 0 spiro atoms. The van der Waals surface area contributed by atoms with Gasteiger partial charge in [0.25, 0.3) is 0 Å². The van der Waals surface area contributed by atoms with Gasteiger partial charge in [0.05, 0.1) is 17.2 Å². The van der Waals surface area contributed by atoms with E-state index in [2.05, 4.69) is 5.10 Å². The molecule has 1 aromatic carbocycles. The zero-order valence-electron chi connectivity index (χ0n) is 11.5. The molecule has 0 aliphatic heterocycles. The maximum atomic E-state index is 11.4. The van der Waals surface area contributed by atoms with Crippen molar-refractivity contribution in [2.45, 2.75) is 23.8 Å². The largest absolute Gasteiger partial charge is 0.388 e. The van der Waals surface area contributed by atoms with E-state index in [4.69, 9.17) is 0 Å². The van der Waals surface area contributed by atoms with Crippen LogP contribution in [-0.4, -0.2) is 29.6 Å². The number of aliphatic hydroxyl groups excluding tert-OH is 1. The highest BCUT2D eigenvalue weighted by Gasteiger charge is 2.11. The molecule has 0 radical (unpaired) electrons. The molecule has 1 aromatic heterocycles. The van der Waals surface area contributed by atoms with Crippen LogP contribution in [0.3, 0.4) is 0 Å². The smallest absolute Gasteiger partial charge is 0.175 e. The lowest BCUT2D eigenvalue weighted by Crippen LogP contribution is -2.01. The van der Waals surface area contributed by atoms with Crippen LogP contribution in [0.5, 0.6) is 0 Å². The van der Waals surface area contributed by atoms with Crippen molar-refractivity contribution in [3.05, 3.63) is 47.8 Å². The first-order valence-corrected chi connectivity index (χ1v) is 8.21. The summed E-state index contributed by atoms with van der Waals surface area (Å²) in [6.45, 7) is 0. The van der Waals surface area contributed by atoms with E-state index in [-0.39, 0.29) is 4.90 Å². The second-order valence-electron chi connectivity index (χ2n) is 4.92. The molecule has 5 nitrogen and oxygen atoms in total. The first-order chi connectivity index (χ1) is 9.36. The zero-order valence-corrected chi connectivity index (χ0v) is 12.3. The molecule has 20 heavy (non-hydrogen) atoms. The first-order valence-electron chi connectivity index (χ1n) is 6.32. The number of benzene rings is 1. The number of hydrogen-bond acceptors (Lipinski definition) is 4. The van der Waals surface area contributed by atoms with Crippen LogP contribution in [0.4, 0.5) is 0 Å². The minimum absolute atomic E-state index is 0.265. The van der Waals surface area contributed by atoms with E-state index in [0.717, 1.165) is 17.5 Å². The van der Waals surface area contributed by atoms with Gasteiger partial charge in [-0.2, -0.15) is 5.10 Å². The van der Waals surface area contributed by atoms with Gasteiger partial charge in [-0.15, -0.1) is 0 Å². The summed E-state index contributed by atoms with van der Waals surface area (Å²) in [6.07, 6.45) is 5.55. The average molecular weight is 294 g/mol. The molecule has 0 bridgehead atoms. The molecule has 2 aromatic rings. The predicted molar refractivity (Wildman–Crippen MR) is 76.0 cm³/mol. The Hall–Kier alpha value is -1.66. The number of aliphatic hydroxyl groups is 1. The second kappa shape index (κ2) is 5.76. The van der Waals surface area contributed by atoms with Gasteiger partial charge in [0.2, 0.25) is 0 Å². The van der Waals surface area contributed by atoms with Crippen molar-refractivity contribution in [3.63, 3.8) is 0 Å². The van der Waals surface area contributed by atoms with Gasteiger partial charge >= 0.3 is 0 Å². The fourth-order valence-electron chi connectivity index (χ4n) is 2.01. The van der Waals surface area contributed by atoms with E-state index >= 15 is 0 Å². The Morgan fingerprint density at radius 1 is 1.30 bits per heavy atom. The van der Waals surface area contributed by atoms with Gasteiger partial charge in [0.15, 0.2) is 9.84 Å². The van der Waals surface area contributed by atoms with Crippen molar-refractivity contribution < 1.29 is 13.5 Å². The molecule has 1 unspecified atom stereocenters. The number of nitrogens with zero attached hydrogens (tertiary/aromatic N) is 2. The van der Waals surface area contributed by atoms with Gasteiger partial charge in [0, 0.05) is 19.5 Å². The second-order valence-corrected chi connectivity index (χ2v) is 6.93. The van der Waals surface area contributed by atoms with Crippen LogP contribution in [0.1, 0.15) is 23.7 Å². The molecule has 1 N–H and O–H groups in total. The number of aromatic nitrogens is 2. The van der Waals surface area contributed by atoms with Crippen LogP contribution in [0, 0.1) is 0 Å². The fraction of sp³-hybridized carbons (Fsp3) is 0.357. The molecule has 0 aliphatic carbocycles. The number of sulfone groups is 1. The standard InChI is InChI=1S/C14H18N2O3S/c1-16-10-11(9-15-16)3-8-14(17)12-4-6-13(7-5-12)20(2,18)19/h4-7,9-10,14,17H,3,8H2,1-2H3. The SMILES string of the molecule is Cn1cc(CCC(O)c2ccc(S(C)(=O)=O)cc2)cn1. The number of rotatable bonds is 5. The lowest BCUT2D eigenvalue weighted by Gasteiger charge is -2.10. The maximum Gasteiger partial charge on any atom is 0.175 e. The van der Waals surface area contributed by atoms with Gasteiger partial charge in [-0.3, -0.25) is 4.68 Å². The lowest BCUT2D eigenvalue weighted by molar-refractivity contribution is 0.168. The van der Waals surface area contributed by atoms with Crippen LogP contribution >= 0.6 is 0 Å². The number of aryl methyl sites for hydroxylation is 2. The molecule has 6 heteroatoms. The maximum absolute atomic E-state index is 11.4. The number of hydrogen-bond donors (Lipinski definition) is 1. The Morgan fingerprint density at radius 3 is 2.45 bits per heavy atom. The quantitative estimate of drug-likeness (QED) is 0.907. The zero-order chi connectivity index (χ0) is 14.8. The average Bonchev–Trinajstić information content (AvgIpc) is 2.81. The summed E-state index contributed by atoms with van der Waals surface area (Å²) in [7, 11) is -1.34. The van der Waals surface area contributed by atoms with Crippen molar-refractivity contribution in [2.75, 3.05) is 6.26 Å². The highest BCUT2D eigenvalue weighted by Crippen LogP contribution is 2.20. The molecule has 2 rings (SSSR count).